The quantitative estimate of drug-likeness (QED) is 0.566. The molecule has 64 valence electrons. The van der Waals surface area contributed by atoms with Crippen molar-refractivity contribution in [1.29, 1.82) is 0 Å². The second kappa shape index (κ2) is 3.60. The maximum Gasteiger partial charge on any atom is 0.00988 e. The lowest BCUT2D eigenvalue weighted by atomic mass is 9.81. The Morgan fingerprint density at radius 3 is 2.91 bits per heavy atom. The molecular formula is C9H16IN. The number of fused-ring (bicyclic) bond motifs is 1. The van der Waals surface area contributed by atoms with Crippen molar-refractivity contribution in [3.05, 3.63) is 0 Å². The standard InChI is InChI=1S/C9H16IN/c10-5-7-6-11-9-4-2-1-3-8(7)9/h7-9,11H,1-6H2. The van der Waals surface area contributed by atoms with Gasteiger partial charge in [0.15, 0.2) is 0 Å². The topological polar surface area (TPSA) is 12.0 Å². The van der Waals surface area contributed by atoms with Gasteiger partial charge in [-0.2, -0.15) is 0 Å². The zero-order valence-corrected chi connectivity index (χ0v) is 9.01. The summed E-state index contributed by atoms with van der Waals surface area (Å²) in [6, 6.07) is 0.892. The molecule has 2 rings (SSSR count). The fourth-order valence-electron chi connectivity index (χ4n) is 2.60. The van der Waals surface area contributed by atoms with Crippen molar-refractivity contribution in [3.63, 3.8) is 0 Å². The zero-order chi connectivity index (χ0) is 7.68. The summed E-state index contributed by atoms with van der Waals surface area (Å²) in [5, 5.41) is 3.65. The average Bonchev–Trinajstić information content (AvgIpc) is 2.47. The molecule has 1 aliphatic carbocycles. The molecule has 1 nitrogen and oxygen atoms in total. The Hall–Kier alpha value is 0.690. The van der Waals surface area contributed by atoms with Crippen molar-refractivity contribution in [3.8, 4) is 0 Å². The SMILES string of the molecule is ICC1CNC2CCCCC12. The molecule has 3 unspecified atom stereocenters. The van der Waals surface area contributed by atoms with Gasteiger partial charge < -0.3 is 5.32 Å². The number of rotatable bonds is 1. The molecule has 2 heteroatoms. The zero-order valence-electron chi connectivity index (χ0n) is 6.85. The van der Waals surface area contributed by atoms with Crippen LogP contribution >= 0.6 is 22.6 Å². The van der Waals surface area contributed by atoms with E-state index < -0.39 is 0 Å². The van der Waals surface area contributed by atoms with Crippen LogP contribution in [-0.4, -0.2) is 17.0 Å². The lowest BCUT2D eigenvalue weighted by Crippen LogP contribution is -2.30. The highest BCUT2D eigenvalue weighted by Gasteiger charge is 2.35. The molecule has 0 bridgehead atoms. The molecule has 11 heavy (non-hydrogen) atoms. The molecule has 0 aromatic rings. The van der Waals surface area contributed by atoms with E-state index in [1.807, 2.05) is 0 Å². The van der Waals surface area contributed by atoms with Gasteiger partial charge in [0, 0.05) is 10.5 Å². The number of alkyl halides is 1. The van der Waals surface area contributed by atoms with Gasteiger partial charge in [0.05, 0.1) is 0 Å². The van der Waals surface area contributed by atoms with Crippen LogP contribution in [0.15, 0.2) is 0 Å². The van der Waals surface area contributed by atoms with Crippen LogP contribution in [0.1, 0.15) is 25.7 Å². The summed E-state index contributed by atoms with van der Waals surface area (Å²) >= 11 is 2.54. The van der Waals surface area contributed by atoms with Gasteiger partial charge in [-0.25, -0.2) is 0 Å². The van der Waals surface area contributed by atoms with Crippen molar-refractivity contribution in [1.82, 2.24) is 5.32 Å². The first-order valence-electron chi connectivity index (χ1n) is 4.71. The van der Waals surface area contributed by atoms with Gasteiger partial charge in [-0.3, -0.25) is 0 Å². The second-order valence-electron chi connectivity index (χ2n) is 3.88. The molecule has 2 aliphatic rings. The van der Waals surface area contributed by atoms with E-state index in [4.69, 9.17) is 0 Å². The first kappa shape index (κ1) is 8.30. The third-order valence-corrected chi connectivity index (χ3v) is 4.40. The van der Waals surface area contributed by atoms with Gasteiger partial charge in [-0.05, 0) is 31.2 Å². The fourth-order valence-corrected chi connectivity index (χ4v) is 3.56. The highest BCUT2D eigenvalue weighted by Crippen LogP contribution is 2.35. The van der Waals surface area contributed by atoms with Crippen molar-refractivity contribution in [2.45, 2.75) is 31.7 Å². The van der Waals surface area contributed by atoms with Gasteiger partial charge in [0.1, 0.15) is 0 Å². The summed E-state index contributed by atoms with van der Waals surface area (Å²) in [6.45, 7) is 1.29. The van der Waals surface area contributed by atoms with E-state index >= 15 is 0 Å². The summed E-state index contributed by atoms with van der Waals surface area (Å²) in [6.07, 6.45) is 5.88. The maximum atomic E-state index is 3.65. The van der Waals surface area contributed by atoms with E-state index in [-0.39, 0.29) is 0 Å². The molecular weight excluding hydrogens is 249 g/mol. The summed E-state index contributed by atoms with van der Waals surface area (Å²) in [4.78, 5) is 0. The van der Waals surface area contributed by atoms with E-state index in [0.29, 0.717) is 0 Å². The van der Waals surface area contributed by atoms with E-state index in [9.17, 15) is 0 Å². The molecule has 1 aliphatic heterocycles. The van der Waals surface area contributed by atoms with Crippen molar-refractivity contribution < 1.29 is 0 Å². The van der Waals surface area contributed by atoms with Crippen LogP contribution in [0, 0.1) is 11.8 Å². The Kier molecular flexibility index (Phi) is 2.72. The largest absolute Gasteiger partial charge is 0.313 e. The van der Waals surface area contributed by atoms with E-state index in [1.54, 1.807) is 0 Å². The summed E-state index contributed by atoms with van der Waals surface area (Å²) < 4.78 is 1.35. The predicted molar refractivity (Wildman–Crippen MR) is 56.1 cm³/mol. The van der Waals surface area contributed by atoms with Gasteiger partial charge in [-0.1, -0.05) is 35.4 Å². The second-order valence-corrected chi connectivity index (χ2v) is 4.76. The van der Waals surface area contributed by atoms with Crippen LogP contribution in [0.25, 0.3) is 0 Å². The molecule has 1 saturated heterocycles. The molecule has 1 N–H and O–H groups in total. The molecule has 2 fully saturated rings. The normalized spacial score (nSPS) is 43.9. The highest BCUT2D eigenvalue weighted by molar-refractivity contribution is 14.1. The predicted octanol–water partition coefficient (Wildman–Crippen LogP) is 2.20. The Bertz CT molecular complexity index is 132. The molecule has 1 saturated carbocycles. The van der Waals surface area contributed by atoms with Crippen LogP contribution in [0.4, 0.5) is 0 Å². The monoisotopic (exact) mass is 265 g/mol. The van der Waals surface area contributed by atoms with Crippen molar-refractivity contribution in [2.24, 2.45) is 11.8 Å². The van der Waals surface area contributed by atoms with Gasteiger partial charge >= 0.3 is 0 Å². The van der Waals surface area contributed by atoms with Crippen LogP contribution in [-0.2, 0) is 0 Å². The summed E-state index contributed by atoms with van der Waals surface area (Å²) in [7, 11) is 0. The van der Waals surface area contributed by atoms with Gasteiger partial charge in [0.2, 0.25) is 0 Å². The van der Waals surface area contributed by atoms with Crippen LogP contribution in [0.5, 0.6) is 0 Å². The number of nitrogens with one attached hydrogen (secondary N) is 1. The molecule has 0 radical (unpaired) electrons. The maximum absolute atomic E-state index is 3.65. The molecule has 1 heterocycles. The lowest BCUT2D eigenvalue weighted by Gasteiger charge is -2.27. The first-order chi connectivity index (χ1) is 5.42. The Balaban J connectivity index is 1.98. The van der Waals surface area contributed by atoms with E-state index in [2.05, 4.69) is 27.9 Å². The third kappa shape index (κ3) is 1.57. The van der Waals surface area contributed by atoms with E-state index in [1.165, 1.54) is 36.7 Å². The lowest BCUT2D eigenvalue weighted by molar-refractivity contribution is 0.289. The summed E-state index contributed by atoms with van der Waals surface area (Å²) in [5.41, 5.74) is 0. The van der Waals surface area contributed by atoms with Crippen LogP contribution < -0.4 is 5.32 Å². The summed E-state index contributed by atoms with van der Waals surface area (Å²) in [5.74, 6) is 2.02. The first-order valence-corrected chi connectivity index (χ1v) is 6.23. The average molecular weight is 265 g/mol. The highest BCUT2D eigenvalue weighted by atomic mass is 127. The van der Waals surface area contributed by atoms with Gasteiger partial charge in [-0.15, -0.1) is 0 Å². The van der Waals surface area contributed by atoms with Crippen LogP contribution in [0.3, 0.4) is 0 Å². The molecule has 0 aromatic heterocycles. The minimum absolute atomic E-state index is 0.892. The van der Waals surface area contributed by atoms with Gasteiger partial charge in [0.25, 0.3) is 0 Å². The number of hydrogen-bond donors (Lipinski definition) is 1. The number of halogens is 1. The fraction of sp³-hybridized carbons (Fsp3) is 1.00. The number of hydrogen-bond acceptors (Lipinski definition) is 1. The minimum atomic E-state index is 0.892. The molecule has 3 atom stereocenters. The van der Waals surface area contributed by atoms with Crippen molar-refractivity contribution >= 4 is 22.6 Å². The Labute approximate surface area is 82.5 Å². The molecule has 0 aromatic carbocycles. The van der Waals surface area contributed by atoms with Crippen molar-refractivity contribution in [2.75, 3.05) is 11.0 Å². The molecule has 0 amide bonds. The minimum Gasteiger partial charge on any atom is -0.313 e. The Morgan fingerprint density at radius 1 is 1.27 bits per heavy atom. The smallest absolute Gasteiger partial charge is 0.00988 e. The molecule has 0 spiro atoms. The van der Waals surface area contributed by atoms with E-state index in [0.717, 1.165) is 17.9 Å². The third-order valence-electron chi connectivity index (χ3n) is 3.27. The van der Waals surface area contributed by atoms with Crippen LogP contribution in [0.2, 0.25) is 0 Å². The Morgan fingerprint density at radius 2 is 2.09 bits per heavy atom.